The number of carbonyl (C=O) groups is 1. The van der Waals surface area contributed by atoms with Gasteiger partial charge in [-0.3, -0.25) is 4.79 Å². The summed E-state index contributed by atoms with van der Waals surface area (Å²) in [6.07, 6.45) is 0. The minimum Gasteiger partial charge on any atom is -0.496 e. The van der Waals surface area contributed by atoms with E-state index < -0.39 is 0 Å². The second kappa shape index (κ2) is 4.94. The highest BCUT2D eigenvalue weighted by Crippen LogP contribution is 2.29. The highest BCUT2D eigenvalue weighted by molar-refractivity contribution is 5.99. The Kier molecular flexibility index (Phi) is 3.86. The Morgan fingerprint density at radius 1 is 1.47 bits per heavy atom. The molecule has 3 nitrogen and oxygen atoms in total. The number of ether oxygens (including phenoxy) is 1. The molecule has 3 heteroatoms. The van der Waals surface area contributed by atoms with Crippen molar-refractivity contribution in [2.45, 2.75) is 19.8 Å². The van der Waals surface area contributed by atoms with Crippen LogP contribution in [0.1, 0.15) is 35.7 Å². The van der Waals surface area contributed by atoms with Gasteiger partial charge in [0.05, 0.1) is 13.7 Å². The molecule has 0 spiro atoms. The van der Waals surface area contributed by atoms with Gasteiger partial charge < -0.3 is 10.5 Å². The first-order valence-corrected chi connectivity index (χ1v) is 5.02. The van der Waals surface area contributed by atoms with Gasteiger partial charge in [0, 0.05) is 11.1 Å². The lowest BCUT2D eigenvalue weighted by molar-refractivity contribution is 0.0999. The van der Waals surface area contributed by atoms with Crippen LogP contribution in [-0.4, -0.2) is 19.4 Å². The highest BCUT2D eigenvalue weighted by Gasteiger charge is 2.16. The summed E-state index contributed by atoms with van der Waals surface area (Å²) in [6.45, 7) is 4.10. The van der Waals surface area contributed by atoms with Gasteiger partial charge in [-0.05, 0) is 12.0 Å². The van der Waals surface area contributed by atoms with Crippen molar-refractivity contribution in [3.63, 3.8) is 0 Å². The molecular weight excluding hydrogens is 190 g/mol. The van der Waals surface area contributed by atoms with Gasteiger partial charge in [0.1, 0.15) is 5.75 Å². The number of hydrogen-bond donors (Lipinski definition) is 1. The van der Waals surface area contributed by atoms with Crippen molar-refractivity contribution in [1.82, 2.24) is 0 Å². The van der Waals surface area contributed by atoms with Gasteiger partial charge in [-0.15, -0.1) is 0 Å². The third-order valence-corrected chi connectivity index (χ3v) is 2.35. The zero-order valence-electron chi connectivity index (χ0n) is 9.41. The highest BCUT2D eigenvalue weighted by atomic mass is 16.5. The predicted octanol–water partition coefficient (Wildman–Crippen LogP) is 1.96. The van der Waals surface area contributed by atoms with E-state index in [1.807, 2.05) is 26.0 Å². The minimum absolute atomic E-state index is 0.0346. The van der Waals surface area contributed by atoms with Crippen LogP contribution in [0.2, 0.25) is 0 Å². The Morgan fingerprint density at radius 3 is 2.60 bits per heavy atom. The Bertz CT molecular complexity index is 359. The molecule has 0 saturated heterocycles. The number of hydrogen-bond acceptors (Lipinski definition) is 3. The smallest absolute Gasteiger partial charge is 0.176 e. The van der Waals surface area contributed by atoms with Crippen LogP contribution in [-0.2, 0) is 0 Å². The number of carbonyl (C=O) groups excluding carboxylic acids is 1. The van der Waals surface area contributed by atoms with Crippen LogP contribution in [0.15, 0.2) is 18.2 Å². The van der Waals surface area contributed by atoms with Crippen molar-refractivity contribution in [2.24, 2.45) is 5.73 Å². The molecule has 2 N–H and O–H groups in total. The van der Waals surface area contributed by atoms with Crippen molar-refractivity contribution in [3.05, 3.63) is 29.3 Å². The molecule has 0 aliphatic carbocycles. The van der Waals surface area contributed by atoms with Crippen molar-refractivity contribution in [3.8, 4) is 5.75 Å². The number of nitrogens with two attached hydrogens (primary N) is 1. The maximum Gasteiger partial charge on any atom is 0.176 e. The molecule has 0 bridgehead atoms. The number of Topliss-reactive ketones (excluding diaryl/α,β-unsaturated/α-hetero) is 1. The van der Waals surface area contributed by atoms with E-state index in [-0.39, 0.29) is 18.2 Å². The van der Waals surface area contributed by atoms with Crippen molar-refractivity contribution >= 4 is 5.78 Å². The summed E-state index contributed by atoms with van der Waals surface area (Å²) in [4.78, 5) is 11.6. The number of ketones is 1. The zero-order valence-corrected chi connectivity index (χ0v) is 9.41. The summed E-state index contributed by atoms with van der Waals surface area (Å²) < 4.78 is 5.25. The fourth-order valence-corrected chi connectivity index (χ4v) is 1.67. The monoisotopic (exact) mass is 207 g/mol. The van der Waals surface area contributed by atoms with E-state index in [0.29, 0.717) is 5.56 Å². The molecule has 1 rings (SSSR count). The normalized spacial score (nSPS) is 10.5. The standard InChI is InChI=1S/C12H17NO2/c1-8(2)12-9(10(14)7-13)5-4-6-11(12)15-3/h4-6,8H,7,13H2,1-3H3. The third kappa shape index (κ3) is 2.36. The minimum atomic E-state index is -0.0439. The first-order chi connectivity index (χ1) is 7.11. The second-order valence-electron chi connectivity index (χ2n) is 3.70. The van der Waals surface area contributed by atoms with Gasteiger partial charge in [0.15, 0.2) is 5.78 Å². The Balaban J connectivity index is 3.31. The average Bonchev–Trinajstić information content (AvgIpc) is 2.26. The average molecular weight is 207 g/mol. The maximum atomic E-state index is 11.6. The fourth-order valence-electron chi connectivity index (χ4n) is 1.67. The Labute approximate surface area is 90.2 Å². The lowest BCUT2D eigenvalue weighted by atomic mass is 9.93. The third-order valence-electron chi connectivity index (χ3n) is 2.35. The summed E-state index contributed by atoms with van der Waals surface area (Å²) in [5, 5.41) is 0. The molecule has 0 radical (unpaired) electrons. The molecule has 0 unspecified atom stereocenters. The maximum absolute atomic E-state index is 11.6. The molecule has 1 aromatic rings. The molecular formula is C12H17NO2. The summed E-state index contributed by atoms with van der Waals surface area (Å²) in [7, 11) is 1.61. The van der Waals surface area contributed by atoms with Crippen LogP contribution in [0.25, 0.3) is 0 Å². The van der Waals surface area contributed by atoms with Gasteiger partial charge in [0.25, 0.3) is 0 Å². The first kappa shape index (κ1) is 11.7. The van der Waals surface area contributed by atoms with E-state index in [0.717, 1.165) is 11.3 Å². The van der Waals surface area contributed by atoms with Crippen LogP contribution in [0.5, 0.6) is 5.75 Å². The Morgan fingerprint density at radius 2 is 2.13 bits per heavy atom. The van der Waals surface area contributed by atoms with Crippen molar-refractivity contribution < 1.29 is 9.53 Å². The molecule has 0 aliphatic heterocycles. The molecule has 1 aromatic carbocycles. The summed E-state index contributed by atoms with van der Waals surface area (Å²) >= 11 is 0. The molecule has 0 aromatic heterocycles. The molecule has 0 atom stereocenters. The van der Waals surface area contributed by atoms with Crippen LogP contribution in [0, 0.1) is 0 Å². The Hall–Kier alpha value is -1.35. The molecule has 0 heterocycles. The molecule has 0 fully saturated rings. The van der Waals surface area contributed by atoms with E-state index in [1.54, 1.807) is 13.2 Å². The number of benzene rings is 1. The van der Waals surface area contributed by atoms with Gasteiger partial charge in [-0.25, -0.2) is 0 Å². The number of rotatable bonds is 4. The van der Waals surface area contributed by atoms with Crippen LogP contribution in [0.3, 0.4) is 0 Å². The van der Waals surface area contributed by atoms with E-state index in [4.69, 9.17) is 10.5 Å². The van der Waals surface area contributed by atoms with Gasteiger partial charge in [-0.1, -0.05) is 26.0 Å². The van der Waals surface area contributed by atoms with Gasteiger partial charge in [0.2, 0.25) is 0 Å². The van der Waals surface area contributed by atoms with Crippen molar-refractivity contribution in [2.75, 3.05) is 13.7 Å². The quantitative estimate of drug-likeness (QED) is 0.768. The second-order valence-corrected chi connectivity index (χ2v) is 3.70. The van der Waals surface area contributed by atoms with Crippen LogP contribution >= 0.6 is 0 Å². The zero-order chi connectivity index (χ0) is 11.4. The van der Waals surface area contributed by atoms with E-state index in [2.05, 4.69) is 0 Å². The van der Waals surface area contributed by atoms with Crippen LogP contribution in [0.4, 0.5) is 0 Å². The first-order valence-electron chi connectivity index (χ1n) is 5.02. The predicted molar refractivity (Wildman–Crippen MR) is 60.5 cm³/mol. The lowest BCUT2D eigenvalue weighted by Gasteiger charge is -2.15. The molecule has 15 heavy (non-hydrogen) atoms. The summed E-state index contributed by atoms with van der Waals surface area (Å²) in [5.41, 5.74) is 6.99. The van der Waals surface area contributed by atoms with E-state index in [1.165, 1.54) is 0 Å². The van der Waals surface area contributed by atoms with E-state index >= 15 is 0 Å². The van der Waals surface area contributed by atoms with E-state index in [9.17, 15) is 4.79 Å². The molecule has 0 aliphatic rings. The molecule has 82 valence electrons. The van der Waals surface area contributed by atoms with Crippen molar-refractivity contribution in [1.29, 1.82) is 0 Å². The molecule has 0 saturated carbocycles. The molecule has 0 amide bonds. The summed E-state index contributed by atoms with van der Waals surface area (Å²) in [6, 6.07) is 5.48. The fraction of sp³-hybridized carbons (Fsp3) is 0.417. The topological polar surface area (TPSA) is 52.3 Å². The lowest BCUT2D eigenvalue weighted by Crippen LogP contribution is -2.16. The van der Waals surface area contributed by atoms with Gasteiger partial charge in [-0.2, -0.15) is 0 Å². The van der Waals surface area contributed by atoms with Gasteiger partial charge >= 0.3 is 0 Å². The summed E-state index contributed by atoms with van der Waals surface area (Å²) in [5.74, 6) is 0.952. The largest absolute Gasteiger partial charge is 0.496 e. The number of methoxy groups -OCH3 is 1. The van der Waals surface area contributed by atoms with Crippen LogP contribution < -0.4 is 10.5 Å². The SMILES string of the molecule is COc1cccc(C(=O)CN)c1C(C)C.